The molecular formula is C40H20O2S. The molecule has 11 rings (SSSR count). The van der Waals surface area contributed by atoms with E-state index >= 15 is 0 Å². The molecule has 0 fully saturated rings. The van der Waals surface area contributed by atoms with Gasteiger partial charge in [0.1, 0.15) is 22.3 Å². The highest BCUT2D eigenvalue weighted by Crippen LogP contribution is 2.54. The fourth-order valence-electron chi connectivity index (χ4n) is 7.67. The predicted octanol–water partition coefficient (Wildman–Crippen LogP) is 12.3. The van der Waals surface area contributed by atoms with Gasteiger partial charge in [-0.2, -0.15) is 0 Å². The van der Waals surface area contributed by atoms with Crippen LogP contribution in [0.4, 0.5) is 0 Å². The number of rotatable bonds is 2. The molecule has 0 saturated heterocycles. The number of fused-ring (bicyclic) bond motifs is 4. The van der Waals surface area contributed by atoms with Gasteiger partial charge in [0, 0.05) is 47.1 Å². The number of hydrogen-bond acceptors (Lipinski definition) is 3. The number of para-hydroxylation sites is 1. The van der Waals surface area contributed by atoms with Crippen LogP contribution in [0.2, 0.25) is 0 Å². The molecular weight excluding hydrogens is 545 g/mol. The van der Waals surface area contributed by atoms with Crippen LogP contribution < -0.4 is 0 Å². The molecule has 0 N–H and O–H groups in total. The van der Waals surface area contributed by atoms with Crippen molar-refractivity contribution in [3.05, 3.63) is 121 Å². The second-order valence-corrected chi connectivity index (χ2v) is 12.7. The van der Waals surface area contributed by atoms with Gasteiger partial charge in [0.05, 0.1) is 0 Å². The van der Waals surface area contributed by atoms with Crippen molar-refractivity contribution in [3.63, 3.8) is 0 Å². The summed E-state index contributed by atoms with van der Waals surface area (Å²) in [4.78, 5) is 0. The van der Waals surface area contributed by atoms with Crippen molar-refractivity contribution in [2.75, 3.05) is 0 Å². The van der Waals surface area contributed by atoms with Crippen molar-refractivity contribution in [3.8, 4) is 33.4 Å². The summed E-state index contributed by atoms with van der Waals surface area (Å²) in [5.74, 6) is 0. The van der Waals surface area contributed by atoms with Crippen molar-refractivity contribution in [1.29, 1.82) is 0 Å². The summed E-state index contributed by atoms with van der Waals surface area (Å²) < 4.78 is 15.4. The first-order valence-corrected chi connectivity index (χ1v) is 15.4. The van der Waals surface area contributed by atoms with Crippen molar-refractivity contribution in [2.45, 2.75) is 0 Å². The largest absolute Gasteiger partial charge is 0.456 e. The first-order valence-electron chi connectivity index (χ1n) is 14.6. The maximum Gasteiger partial charge on any atom is 0.136 e. The van der Waals surface area contributed by atoms with Crippen LogP contribution in [-0.4, -0.2) is 0 Å². The molecule has 0 bridgehead atoms. The summed E-state index contributed by atoms with van der Waals surface area (Å²) >= 11 is 1.89. The molecule has 1 aliphatic carbocycles. The van der Waals surface area contributed by atoms with E-state index in [1.807, 2.05) is 23.5 Å². The van der Waals surface area contributed by atoms with Crippen LogP contribution >= 0.6 is 11.3 Å². The molecule has 3 heterocycles. The van der Waals surface area contributed by atoms with E-state index in [0.717, 1.165) is 33.1 Å². The fraction of sp³-hybridized carbons (Fsp3) is 0. The molecule has 3 heteroatoms. The van der Waals surface area contributed by atoms with Crippen LogP contribution in [-0.2, 0) is 0 Å². The normalized spacial score (nSPS) is 12.7. The van der Waals surface area contributed by atoms with E-state index in [1.165, 1.54) is 75.1 Å². The van der Waals surface area contributed by atoms with Gasteiger partial charge in [0.25, 0.3) is 0 Å². The topological polar surface area (TPSA) is 26.3 Å². The maximum absolute atomic E-state index is 6.48. The Morgan fingerprint density at radius 1 is 0.395 bits per heavy atom. The van der Waals surface area contributed by atoms with Gasteiger partial charge in [-0.3, -0.25) is 0 Å². The number of benzene rings is 7. The van der Waals surface area contributed by atoms with E-state index in [-0.39, 0.29) is 0 Å². The lowest BCUT2D eigenvalue weighted by molar-refractivity contribution is 0.668. The minimum absolute atomic E-state index is 0.916. The van der Waals surface area contributed by atoms with Crippen molar-refractivity contribution < 1.29 is 8.83 Å². The average Bonchev–Trinajstić information content (AvgIpc) is 3.72. The van der Waals surface area contributed by atoms with Gasteiger partial charge in [-0.25, -0.2) is 0 Å². The first-order chi connectivity index (χ1) is 21.3. The minimum atomic E-state index is 0.916. The molecule has 0 unspecified atom stereocenters. The Hall–Kier alpha value is -5.38. The fourth-order valence-corrected chi connectivity index (χ4v) is 8.79. The Bertz CT molecular complexity index is 2840. The molecule has 7 aromatic carbocycles. The molecule has 0 spiro atoms. The third-order valence-corrected chi connectivity index (χ3v) is 10.5. The zero-order chi connectivity index (χ0) is 27.8. The van der Waals surface area contributed by atoms with Crippen LogP contribution in [0.1, 0.15) is 0 Å². The number of thiophene rings is 1. The lowest BCUT2D eigenvalue weighted by atomic mass is 9.88. The molecule has 0 radical (unpaired) electrons. The van der Waals surface area contributed by atoms with Crippen molar-refractivity contribution in [2.24, 2.45) is 0 Å². The summed E-state index contributed by atoms with van der Waals surface area (Å²) in [6, 6.07) is 43.8. The molecule has 0 saturated carbocycles. The van der Waals surface area contributed by atoms with Gasteiger partial charge in [0.2, 0.25) is 0 Å². The van der Waals surface area contributed by atoms with Crippen molar-refractivity contribution >= 4 is 86.2 Å². The van der Waals surface area contributed by atoms with Crippen LogP contribution in [0.3, 0.4) is 0 Å². The zero-order valence-corrected chi connectivity index (χ0v) is 23.6. The monoisotopic (exact) mass is 564 g/mol. The van der Waals surface area contributed by atoms with Crippen LogP contribution in [0.15, 0.2) is 130 Å². The standard InChI is InChI=1S/C40H20O2S/c1-2-11-28-26(8-1)35-24(9-4-12-29(35)41-28)22-6-3-7-23(20-22)25-16-19-33-40-36(25)27-10-5-13-30-37(27)38-31(42-30)17-14-21-15-18-32(43-33)39(40)34(21)38/h1-20H. The SMILES string of the molecule is c1cc(-c2ccc3sc4ccc5ccc6oc7cccc8c7c6c5c4c3c2-8)cc(-c2cccc3oc4ccccc4c23)c1. The smallest absolute Gasteiger partial charge is 0.136 e. The van der Waals surface area contributed by atoms with E-state index in [4.69, 9.17) is 8.83 Å². The second kappa shape index (κ2) is 7.71. The molecule has 0 amide bonds. The maximum atomic E-state index is 6.48. The van der Waals surface area contributed by atoms with Gasteiger partial charge in [-0.1, -0.05) is 78.9 Å². The summed E-state index contributed by atoms with van der Waals surface area (Å²) in [6.45, 7) is 0. The van der Waals surface area contributed by atoms with Gasteiger partial charge >= 0.3 is 0 Å². The van der Waals surface area contributed by atoms with Crippen LogP contribution in [0.5, 0.6) is 0 Å². The molecule has 1 aliphatic rings. The van der Waals surface area contributed by atoms with E-state index in [2.05, 4.69) is 109 Å². The zero-order valence-electron chi connectivity index (χ0n) is 22.8. The third-order valence-electron chi connectivity index (χ3n) is 9.40. The van der Waals surface area contributed by atoms with Crippen molar-refractivity contribution in [1.82, 2.24) is 0 Å². The minimum Gasteiger partial charge on any atom is -0.456 e. The quantitative estimate of drug-likeness (QED) is 0.209. The van der Waals surface area contributed by atoms with Crippen LogP contribution in [0, 0.1) is 0 Å². The summed E-state index contributed by atoms with van der Waals surface area (Å²) in [7, 11) is 0. The molecule has 0 atom stereocenters. The van der Waals surface area contributed by atoms with E-state index in [9.17, 15) is 0 Å². The average molecular weight is 565 g/mol. The highest BCUT2D eigenvalue weighted by Gasteiger charge is 2.26. The molecule has 0 aliphatic heterocycles. The Morgan fingerprint density at radius 2 is 1.07 bits per heavy atom. The number of furan rings is 2. The third kappa shape index (κ3) is 2.74. The molecule has 3 aromatic heterocycles. The van der Waals surface area contributed by atoms with E-state index in [0.29, 0.717) is 0 Å². The Kier molecular flexibility index (Phi) is 3.99. The lowest BCUT2D eigenvalue weighted by Gasteiger charge is -2.14. The predicted molar refractivity (Wildman–Crippen MR) is 181 cm³/mol. The summed E-state index contributed by atoms with van der Waals surface area (Å²) in [6.07, 6.45) is 0. The molecule has 198 valence electrons. The van der Waals surface area contributed by atoms with E-state index in [1.54, 1.807) is 0 Å². The molecule has 2 nitrogen and oxygen atoms in total. The molecule has 10 aromatic rings. The first kappa shape index (κ1) is 22.2. The Balaban J connectivity index is 1.27. The number of hydrogen-bond donors (Lipinski definition) is 0. The highest BCUT2D eigenvalue weighted by atomic mass is 32.1. The second-order valence-electron chi connectivity index (χ2n) is 11.6. The lowest BCUT2D eigenvalue weighted by Crippen LogP contribution is -1.88. The summed E-state index contributed by atoms with van der Waals surface area (Å²) in [5, 5.41) is 10.1. The van der Waals surface area contributed by atoms with Gasteiger partial charge in [-0.15, -0.1) is 11.3 Å². The Morgan fingerprint density at radius 3 is 2.00 bits per heavy atom. The molecule has 43 heavy (non-hydrogen) atoms. The van der Waals surface area contributed by atoms with Crippen LogP contribution in [0.25, 0.3) is 108 Å². The van der Waals surface area contributed by atoms with E-state index < -0.39 is 0 Å². The summed E-state index contributed by atoms with van der Waals surface area (Å²) in [5.41, 5.74) is 11.1. The Labute approximate surface area is 249 Å². The van der Waals surface area contributed by atoms with Gasteiger partial charge in [-0.05, 0) is 81.2 Å². The van der Waals surface area contributed by atoms with Gasteiger partial charge < -0.3 is 8.83 Å². The highest BCUT2D eigenvalue weighted by molar-refractivity contribution is 7.26. The van der Waals surface area contributed by atoms with Gasteiger partial charge in [0.15, 0.2) is 0 Å².